The lowest BCUT2D eigenvalue weighted by Crippen LogP contribution is -2.63. The van der Waals surface area contributed by atoms with Gasteiger partial charge in [-0.3, -0.25) is 15.5 Å². The van der Waals surface area contributed by atoms with Crippen LogP contribution in [0.4, 0.5) is 0 Å². The van der Waals surface area contributed by atoms with Crippen molar-refractivity contribution in [1.29, 1.82) is 0 Å². The predicted octanol–water partition coefficient (Wildman–Crippen LogP) is 0.768. The van der Waals surface area contributed by atoms with Crippen molar-refractivity contribution in [2.45, 2.75) is 64.8 Å². The average molecular weight is 291 g/mol. The third-order valence-electron chi connectivity index (χ3n) is 3.94. The molecule has 0 spiro atoms. The molecule has 1 saturated heterocycles. The summed E-state index contributed by atoms with van der Waals surface area (Å²) in [5, 5.41) is 2.71. The fourth-order valence-electron chi connectivity index (χ4n) is 2.19. The van der Waals surface area contributed by atoms with Crippen molar-refractivity contribution in [2.24, 2.45) is 11.7 Å². The molecule has 8 heteroatoms. The molecule has 0 aromatic carbocycles. The molecule has 1 fully saturated rings. The van der Waals surface area contributed by atoms with Crippen LogP contribution in [0.5, 0.6) is 0 Å². The Balaban J connectivity index is 2.95. The fraction of sp³-hybridized carbons (Fsp3) is 1.00. The van der Waals surface area contributed by atoms with E-state index < -0.39 is 11.4 Å². The first-order chi connectivity index (χ1) is 9.47. The van der Waals surface area contributed by atoms with E-state index in [-0.39, 0.29) is 13.5 Å². The maximum absolute atomic E-state index is 6.09. The van der Waals surface area contributed by atoms with Crippen LogP contribution in [0.2, 0.25) is 0 Å². The van der Waals surface area contributed by atoms with Crippen molar-refractivity contribution in [1.82, 2.24) is 15.7 Å². The number of nitrogens with zero attached hydrogens (tertiary/aromatic N) is 2. The van der Waals surface area contributed by atoms with E-state index in [1.165, 1.54) is 0 Å². The molecular formula is C12H29N5O3. The zero-order chi connectivity index (χ0) is 15.2. The lowest BCUT2D eigenvalue weighted by molar-refractivity contribution is -0.363. The summed E-state index contributed by atoms with van der Waals surface area (Å²) in [7, 11) is 0. The molecule has 0 bridgehead atoms. The molecule has 0 radical (unpaired) electrons. The Hall–Kier alpha value is -0.320. The maximum Gasteiger partial charge on any atom is 0.163 e. The van der Waals surface area contributed by atoms with Crippen LogP contribution < -0.4 is 17.2 Å². The normalized spacial score (nSPS) is 25.5. The smallest absolute Gasteiger partial charge is 0.163 e. The molecule has 1 rings (SSSR count). The van der Waals surface area contributed by atoms with E-state index in [9.17, 15) is 0 Å². The summed E-state index contributed by atoms with van der Waals surface area (Å²) in [6.07, 6.45) is 2.80. The first-order valence-electron chi connectivity index (χ1n) is 7.24. The van der Waals surface area contributed by atoms with Gasteiger partial charge in [0, 0.05) is 0 Å². The summed E-state index contributed by atoms with van der Waals surface area (Å²) < 4.78 is 5.44. The SMILES string of the molecule is CCC1(CC)NOC(CC)(CC)N(N)COCN(N)O1. The van der Waals surface area contributed by atoms with E-state index in [0.29, 0.717) is 25.7 Å². The highest BCUT2D eigenvalue weighted by atomic mass is 16.8. The summed E-state index contributed by atoms with van der Waals surface area (Å²) in [5.74, 6) is 11.8. The van der Waals surface area contributed by atoms with Crippen molar-refractivity contribution in [3.05, 3.63) is 0 Å². The third kappa shape index (κ3) is 3.86. The second-order valence-electron chi connectivity index (χ2n) is 5.00. The first-order valence-corrected chi connectivity index (χ1v) is 7.24. The van der Waals surface area contributed by atoms with Gasteiger partial charge in [0.2, 0.25) is 0 Å². The number of nitrogens with two attached hydrogens (primary N) is 2. The Morgan fingerprint density at radius 3 is 2.10 bits per heavy atom. The highest BCUT2D eigenvalue weighted by Gasteiger charge is 2.39. The second kappa shape index (κ2) is 7.62. The summed E-state index contributed by atoms with van der Waals surface area (Å²) in [5.41, 5.74) is 1.69. The number of hydrogen-bond acceptors (Lipinski definition) is 8. The number of ether oxygens (including phenoxy) is 1. The molecule has 120 valence electrons. The predicted molar refractivity (Wildman–Crippen MR) is 74.8 cm³/mol. The lowest BCUT2D eigenvalue weighted by atomic mass is 10.1. The van der Waals surface area contributed by atoms with Gasteiger partial charge >= 0.3 is 0 Å². The van der Waals surface area contributed by atoms with Crippen molar-refractivity contribution in [2.75, 3.05) is 13.5 Å². The molecule has 0 unspecified atom stereocenters. The molecule has 8 nitrogen and oxygen atoms in total. The summed E-state index contributed by atoms with van der Waals surface area (Å²) in [6.45, 7) is 8.37. The molecule has 0 atom stereocenters. The molecule has 5 N–H and O–H groups in total. The van der Waals surface area contributed by atoms with Gasteiger partial charge in [0.1, 0.15) is 13.5 Å². The average Bonchev–Trinajstić information content (AvgIpc) is 2.47. The number of hydrogen-bond donors (Lipinski definition) is 3. The van der Waals surface area contributed by atoms with E-state index in [4.69, 9.17) is 26.1 Å². The maximum atomic E-state index is 6.09. The Labute approximate surface area is 121 Å². The van der Waals surface area contributed by atoms with Crippen molar-refractivity contribution in [3.63, 3.8) is 0 Å². The largest absolute Gasteiger partial charge is 0.346 e. The summed E-state index contributed by atoms with van der Waals surface area (Å²) in [6, 6.07) is 0. The van der Waals surface area contributed by atoms with E-state index >= 15 is 0 Å². The zero-order valence-corrected chi connectivity index (χ0v) is 13.0. The van der Waals surface area contributed by atoms with Gasteiger partial charge in [-0.05, 0) is 25.7 Å². The number of nitrogens with one attached hydrogen (secondary N) is 1. The van der Waals surface area contributed by atoms with Gasteiger partial charge in [-0.25, -0.2) is 5.84 Å². The molecule has 0 aromatic heterocycles. The van der Waals surface area contributed by atoms with Crippen LogP contribution >= 0.6 is 0 Å². The lowest BCUT2D eigenvalue weighted by Gasteiger charge is -2.44. The van der Waals surface area contributed by atoms with Gasteiger partial charge in [0.15, 0.2) is 11.4 Å². The highest BCUT2D eigenvalue weighted by molar-refractivity contribution is 4.77. The van der Waals surface area contributed by atoms with Crippen molar-refractivity contribution < 1.29 is 14.4 Å². The first kappa shape index (κ1) is 17.7. The van der Waals surface area contributed by atoms with Gasteiger partial charge in [-0.15, -0.1) is 0 Å². The van der Waals surface area contributed by atoms with Crippen LogP contribution in [0.15, 0.2) is 0 Å². The molecule has 0 aromatic rings. The van der Waals surface area contributed by atoms with Crippen molar-refractivity contribution >= 4 is 0 Å². The number of hydroxylamine groups is 2. The van der Waals surface area contributed by atoms with Gasteiger partial charge in [-0.2, -0.15) is 10.5 Å². The molecule has 1 aliphatic heterocycles. The minimum atomic E-state index is -0.703. The summed E-state index contributed by atoms with van der Waals surface area (Å²) in [4.78, 5) is 11.6. The molecular weight excluding hydrogens is 262 g/mol. The van der Waals surface area contributed by atoms with Crippen LogP contribution in [-0.2, 0) is 14.4 Å². The van der Waals surface area contributed by atoms with E-state index in [1.54, 1.807) is 5.01 Å². The molecule has 20 heavy (non-hydrogen) atoms. The van der Waals surface area contributed by atoms with Crippen LogP contribution in [0, 0.1) is 0 Å². The summed E-state index contributed by atoms with van der Waals surface area (Å²) >= 11 is 0. The van der Waals surface area contributed by atoms with Crippen LogP contribution in [0.25, 0.3) is 0 Å². The Kier molecular flexibility index (Phi) is 6.76. The molecule has 1 aliphatic rings. The standard InChI is InChI=1S/C12H29N5O3/c1-5-11(6-2)15-19-12(7-3,8-4)16(13)9-18-10-17(14)20-11/h15H,5-10,13-14H2,1-4H3. The topological polar surface area (TPSA) is 98.2 Å². The van der Waals surface area contributed by atoms with Crippen LogP contribution in [-0.4, -0.2) is 35.1 Å². The highest BCUT2D eigenvalue weighted by Crippen LogP contribution is 2.26. The Morgan fingerprint density at radius 1 is 1.00 bits per heavy atom. The molecule has 0 amide bonds. The number of hydrazine groups is 2. The van der Waals surface area contributed by atoms with Gasteiger partial charge in [0.05, 0.1) is 0 Å². The quantitative estimate of drug-likeness (QED) is 0.653. The minimum absolute atomic E-state index is 0.126. The van der Waals surface area contributed by atoms with E-state index in [2.05, 4.69) is 5.48 Å². The third-order valence-corrected chi connectivity index (χ3v) is 3.94. The van der Waals surface area contributed by atoms with Gasteiger partial charge in [-0.1, -0.05) is 32.9 Å². The van der Waals surface area contributed by atoms with Gasteiger partial charge < -0.3 is 4.74 Å². The Bertz CT molecular complexity index is 284. The molecule has 0 aliphatic carbocycles. The Morgan fingerprint density at radius 2 is 1.60 bits per heavy atom. The van der Waals surface area contributed by atoms with Crippen LogP contribution in [0.3, 0.4) is 0 Å². The van der Waals surface area contributed by atoms with E-state index in [0.717, 1.165) is 5.17 Å². The molecule has 1 heterocycles. The minimum Gasteiger partial charge on any atom is -0.346 e. The zero-order valence-electron chi connectivity index (χ0n) is 13.0. The number of rotatable bonds is 4. The van der Waals surface area contributed by atoms with E-state index in [1.807, 2.05) is 27.7 Å². The second-order valence-corrected chi connectivity index (χ2v) is 5.00. The molecule has 0 saturated carbocycles. The fourth-order valence-corrected chi connectivity index (χ4v) is 2.19. The van der Waals surface area contributed by atoms with Crippen molar-refractivity contribution in [3.8, 4) is 0 Å². The van der Waals surface area contributed by atoms with Crippen LogP contribution in [0.1, 0.15) is 53.4 Å². The monoisotopic (exact) mass is 291 g/mol. The van der Waals surface area contributed by atoms with Gasteiger partial charge in [0.25, 0.3) is 0 Å².